The first kappa shape index (κ1) is 20.4. The van der Waals surface area contributed by atoms with Gasteiger partial charge < -0.3 is 9.84 Å². The molecule has 8 heteroatoms. The number of hydrogen-bond acceptors (Lipinski definition) is 6. The maximum absolute atomic E-state index is 12.7. The van der Waals surface area contributed by atoms with E-state index < -0.39 is 10.0 Å². The molecule has 0 spiro atoms. The fourth-order valence-corrected chi connectivity index (χ4v) is 4.15. The molecule has 31 heavy (non-hydrogen) atoms. The zero-order valence-corrected chi connectivity index (χ0v) is 17.4. The van der Waals surface area contributed by atoms with Crippen molar-refractivity contribution < 1.29 is 18.3 Å². The van der Waals surface area contributed by atoms with E-state index in [2.05, 4.69) is 15.0 Å². The van der Waals surface area contributed by atoms with Gasteiger partial charge in [0.25, 0.3) is 10.0 Å². The quantitative estimate of drug-likeness (QED) is 0.377. The van der Waals surface area contributed by atoms with Crippen LogP contribution in [0.1, 0.15) is 0 Å². The van der Waals surface area contributed by atoms with Crippen molar-refractivity contribution in [2.24, 2.45) is 10.2 Å². The number of aromatic hydroxyl groups is 1. The van der Waals surface area contributed by atoms with Crippen molar-refractivity contribution in [3.8, 4) is 11.5 Å². The molecule has 0 radical (unpaired) electrons. The molecule has 0 aliphatic carbocycles. The molecular weight excluding hydrogens is 414 g/mol. The summed E-state index contributed by atoms with van der Waals surface area (Å²) in [6.45, 7) is 0. The van der Waals surface area contributed by atoms with Crippen molar-refractivity contribution in [1.29, 1.82) is 0 Å². The Morgan fingerprint density at radius 2 is 1.55 bits per heavy atom. The molecule has 4 aromatic rings. The summed E-state index contributed by atoms with van der Waals surface area (Å²) < 4.78 is 33.1. The highest BCUT2D eigenvalue weighted by Crippen LogP contribution is 2.36. The van der Waals surface area contributed by atoms with Crippen molar-refractivity contribution in [2.45, 2.75) is 4.90 Å². The van der Waals surface area contributed by atoms with Crippen LogP contribution in [0.4, 0.5) is 17.1 Å². The van der Waals surface area contributed by atoms with E-state index in [4.69, 9.17) is 4.74 Å². The number of nitrogens with zero attached hydrogens (tertiary/aromatic N) is 2. The van der Waals surface area contributed by atoms with E-state index in [1.54, 1.807) is 48.5 Å². The Labute approximate surface area is 179 Å². The highest BCUT2D eigenvalue weighted by molar-refractivity contribution is 7.92. The summed E-state index contributed by atoms with van der Waals surface area (Å²) >= 11 is 0. The van der Waals surface area contributed by atoms with Gasteiger partial charge in [-0.2, -0.15) is 5.11 Å². The average Bonchev–Trinajstić information content (AvgIpc) is 2.79. The molecule has 0 heterocycles. The molecule has 0 bridgehead atoms. The highest BCUT2D eigenvalue weighted by atomic mass is 32.2. The smallest absolute Gasteiger partial charge is 0.262 e. The number of anilines is 1. The third-order valence-corrected chi connectivity index (χ3v) is 6.02. The summed E-state index contributed by atoms with van der Waals surface area (Å²) in [7, 11) is -2.33. The van der Waals surface area contributed by atoms with Crippen molar-refractivity contribution in [1.82, 2.24) is 0 Å². The molecule has 0 unspecified atom stereocenters. The van der Waals surface area contributed by atoms with Crippen LogP contribution in [0, 0.1) is 0 Å². The van der Waals surface area contributed by atoms with Crippen LogP contribution in [0.3, 0.4) is 0 Å². The Morgan fingerprint density at radius 1 is 0.839 bits per heavy atom. The van der Waals surface area contributed by atoms with E-state index >= 15 is 0 Å². The Morgan fingerprint density at radius 3 is 2.32 bits per heavy atom. The van der Waals surface area contributed by atoms with Crippen LogP contribution >= 0.6 is 0 Å². The lowest BCUT2D eigenvalue weighted by Crippen LogP contribution is -2.13. The topological polar surface area (TPSA) is 100 Å². The predicted octanol–water partition coefficient (Wildman–Crippen LogP) is 5.77. The number of para-hydroxylation sites is 2. The fraction of sp³-hybridized carbons (Fsp3) is 0.0435. The molecule has 156 valence electrons. The van der Waals surface area contributed by atoms with Crippen molar-refractivity contribution in [3.63, 3.8) is 0 Å². The number of azo groups is 1. The molecule has 7 nitrogen and oxygen atoms in total. The second kappa shape index (κ2) is 8.45. The maximum atomic E-state index is 12.7. The van der Waals surface area contributed by atoms with Gasteiger partial charge in [0, 0.05) is 5.39 Å². The molecule has 0 aliphatic rings. The number of hydrogen-bond donors (Lipinski definition) is 2. The highest BCUT2D eigenvalue weighted by Gasteiger charge is 2.16. The summed E-state index contributed by atoms with van der Waals surface area (Å²) in [4.78, 5) is 0.0744. The van der Waals surface area contributed by atoms with Gasteiger partial charge in [-0.15, -0.1) is 5.11 Å². The molecule has 0 aromatic heterocycles. The first-order valence-electron chi connectivity index (χ1n) is 9.36. The molecule has 0 saturated heterocycles. The van der Waals surface area contributed by atoms with Crippen LogP contribution < -0.4 is 9.46 Å². The molecule has 4 aromatic carbocycles. The van der Waals surface area contributed by atoms with E-state index in [0.717, 1.165) is 10.8 Å². The van der Waals surface area contributed by atoms with Gasteiger partial charge in [-0.1, -0.05) is 42.5 Å². The molecule has 0 atom stereocenters. The number of fused-ring (bicyclic) bond motifs is 1. The number of phenols is 1. The van der Waals surface area contributed by atoms with Gasteiger partial charge >= 0.3 is 0 Å². The standard InChI is InChI=1S/C23H19N3O4S/c1-30-22-9-5-4-8-20(22)26-31(28,29)18-13-11-17(12-14-18)24-25-23-19-7-3-2-6-16(19)10-15-21(23)27/h2-15,26-27H,1H3. The van der Waals surface area contributed by atoms with Gasteiger partial charge in [0.1, 0.15) is 17.2 Å². The van der Waals surface area contributed by atoms with Gasteiger partial charge in [-0.25, -0.2) is 8.42 Å². The molecule has 0 fully saturated rings. The number of sulfonamides is 1. The van der Waals surface area contributed by atoms with Gasteiger partial charge in [-0.3, -0.25) is 4.72 Å². The van der Waals surface area contributed by atoms with E-state index in [-0.39, 0.29) is 10.6 Å². The first-order valence-corrected chi connectivity index (χ1v) is 10.8. The van der Waals surface area contributed by atoms with Crippen LogP contribution in [0.15, 0.2) is 100 Å². The summed E-state index contributed by atoms with van der Waals surface area (Å²) in [6, 6.07) is 23.6. The maximum Gasteiger partial charge on any atom is 0.262 e. The van der Waals surface area contributed by atoms with Crippen LogP contribution in [-0.2, 0) is 10.0 Å². The van der Waals surface area contributed by atoms with Crippen molar-refractivity contribution in [3.05, 3.63) is 84.9 Å². The Bertz CT molecular complexity index is 1370. The Kier molecular flexibility index (Phi) is 5.55. The lowest BCUT2D eigenvalue weighted by Gasteiger charge is -2.11. The van der Waals surface area contributed by atoms with Gasteiger partial charge in [0.2, 0.25) is 0 Å². The van der Waals surface area contributed by atoms with E-state index in [0.29, 0.717) is 22.8 Å². The van der Waals surface area contributed by atoms with Crippen LogP contribution in [0.25, 0.3) is 10.8 Å². The zero-order valence-electron chi connectivity index (χ0n) is 16.6. The number of methoxy groups -OCH3 is 1. The van der Waals surface area contributed by atoms with Crippen LogP contribution in [0.5, 0.6) is 11.5 Å². The van der Waals surface area contributed by atoms with Crippen molar-refractivity contribution in [2.75, 3.05) is 11.8 Å². The van der Waals surface area contributed by atoms with Crippen molar-refractivity contribution >= 4 is 37.9 Å². The SMILES string of the molecule is COc1ccccc1NS(=O)(=O)c1ccc(N=Nc2c(O)ccc3ccccc23)cc1. The molecule has 2 N–H and O–H groups in total. The minimum absolute atomic E-state index is 0.0163. The summed E-state index contributed by atoms with van der Waals surface area (Å²) in [5.41, 5.74) is 1.15. The van der Waals surface area contributed by atoms with E-state index in [9.17, 15) is 13.5 Å². The van der Waals surface area contributed by atoms with Gasteiger partial charge in [0.15, 0.2) is 0 Å². The molecular formula is C23H19N3O4S. The number of ether oxygens (including phenoxy) is 1. The minimum atomic E-state index is -3.81. The Balaban J connectivity index is 1.58. The third kappa shape index (κ3) is 4.34. The monoisotopic (exact) mass is 433 g/mol. The summed E-state index contributed by atoms with van der Waals surface area (Å²) in [6.07, 6.45) is 0. The molecule has 4 rings (SSSR count). The average molecular weight is 433 g/mol. The lowest BCUT2D eigenvalue weighted by molar-refractivity contribution is 0.417. The normalized spacial score (nSPS) is 11.6. The lowest BCUT2D eigenvalue weighted by atomic mass is 10.1. The van der Waals surface area contributed by atoms with E-state index in [1.807, 2.05) is 24.3 Å². The molecule has 0 amide bonds. The number of rotatable bonds is 6. The molecule has 0 aliphatic heterocycles. The van der Waals surface area contributed by atoms with Crippen LogP contribution in [-0.4, -0.2) is 20.6 Å². The Hall–Kier alpha value is -3.91. The number of phenolic OH excluding ortho intramolecular Hbond substituents is 1. The zero-order chi connectivity index (χ0) is 21.8. The second-order valence-corrected chi connectivity index (χ2v) is 8.34. The van der Waals surface area contributed by atoms with E-state index in [1.165, 1.54) is 19.2 Å². The number of benzene rings is 4. The third-order valence-electron chi connectivity index (χ3n) is 4.64. The largest absolute Gasteiger partial charge is 0.506 e. The van der Waals surface area contributed by atoms with Gasteiger partial charge in [0.05, 0.1) is 23.4 Å². The van der Waals surface area contributed by atoms with Crippen LogP contribution in [0.2, 0.25) is 0 Å². The second-order valence-electron chi connectivity index (χ2n) is 6.65. The minimum Gasteiger partial charge on any atom is -0.506 e. The predicted molar refractivity (Wildman–Crippen MR) is 120 cm³/mol. The fourth-order valence-electron chi connectivity index (χ4n) is 3.08. The summed E-state index contributed by atoms with van der Waals surface area (Å²) in [5, 5.41) is 20.2. The molecule has 0 saturated carbocycles. The van der Waals surface area contributed by atoms with Gasteiger partial charge in [-0.05, 0) is 47.9 Å². The number of nitrogens with one attached hydrogen (secondary N) is 1. The summed E-state index contributed by atoms with van der Waals surface area (Å²) in [5.74, 6) is 0.439. The first-order chi connectivity index (χ1) is 15.0.